The van der Waals surface area contributed by atoms with E-state index in [1.54, 1.807) is 0 Å². The lowest BCUT2D eigenvalue weighted by atomic mass is 9.71. The topological polar surface area (TPSA) is 66.3 Å². The highest BCUT2D eigenvalue weighted by Gasteiger charge is 2.44. The second-order valence-electron chi connectivity index (χ2n) is 5.95. The third-order valence-electron chi connectivity index (χ3n) is 4.80. The summed E-state index contributed by atoms with van der Waals surface area (Å²) in [6.07, 6.45) is 5.64. The minimum Gasteiger partial charge on any atom is -0.389 e. The van der Waals surface area contributed by atoms with E-state index in [0.717, 1.165) is 37.8 Å². The van der Waals surface area contributed by atoms with E-state index in [0.29, 0.717) is 24.4 Å². The minimum atomic E-state index is -0.533. The van der Waals surface area contributed by atoms with Crippen LogP contribution in [0.1, 0.15) is 54.4 Å². The highest BCUT2D eigenvalue weighted by atomic mass is 32.1. The fourth-order valence-electron chi connectivity index (χ4n) is 3.50. The fraction of sp³-hybridized carbons (Fsp3) is 0.786. The molecule has 6 heteroatoms. The van der Waals surface area contributed by atoms with Crippen LogP contribution in [0, 0.1) is 5.92 Å². The highest BCUT2D eigenvalue weighted by Crippen LogP contribution is 2.40. The molecule has 1 saturated heterocycles. The Kier molecular flexibility index (Phi) is 3.77. The molecule has 5 nitrogen and oxygen atoms in total. The zero-order valence-electron chi connectivity index (χ0n) is 11.8. The molecule has 2 atom stereocenters. The van der Waals surface area contributed by atoms with Gasteiger partial charge in [0.15, 0.2) is 0 Å². The number of aryl methyl sites for hydroxylation is 1. The van der Waals surface area contributed by atoms with Gasteiger partial charge in [-0.05, 0) is 37.2 Å². The molecule has 3 rings (SSSR count). The first-order valence-corrected chi connectivity index (χ1v) is 8.24. The Hall–Kier alpha value is -1.01. The molecule has 1 aliphatic carbocycles. The quantitative estimate of drug-likeness (QED) is 0.904. The number of nitrogens with zero attached hydrogens (tertiary/aromatic N) is 3. The number of rotatable bonds is 2. The Morgan fingerprint density at radius 3 is 3.15 bits per heavy atom. The van der Waals surface area contributed by atoms with E-state index in [-0.39, 0.29) is 11.8 Å². The van der Waals surface area contributed by atoms with Crippen molar-refractivity contribution in [3.63, 3.8) is 0 Å². The Bertz CT molecular complexity index is 504. The van der Waals surface area contributed by atoms with Crippen LogP contribution in [0.4, 0.5) is 0 Å². The average molecular weight is 295 g/mol. The maximum atomic E-state index is 12.6. The maximum absolute atomic E-state index is 12.6. The molecule has 1 aromatic rings. The second-order valence-corrected chi connectivity index (χ2v) is 6.70. The summed E-state index contributed by atoms with van der Waals surface area (Å²) in [5.74, 6) is 0.282. The molecule has 1 aliphatic heterocycles. The standard InChI is InChI=1S/C14H21N3O2S/c1-2-11-12(20-16-15-11)13(18)17-8-7-14(19)6-4-3-5-10(14)9-17/h10,19H,2-9H2,1H3. The van der Waals surface area contributed by atoms with E-state index in [4.69, 9.17) is 0 Å². The van der Waals surface area contributed by atoms with E-state index in [9.17, 15) is 9.90 Å². The van der Waals surface area contributed by atoms with E-state index >= 15 is 0 Å². The van der Waals surface area contributed by atoms with Crippen molar-refractivity contribution >= 4 is 17.4 Å². The van der Waals surface area contributed by atoms with E-state index in [1.807, 2.05) is 11.8 Å². The Morgan fingerprint density at radius 2 is 2.35 bits per heavy atom. The van der Waals surface area contributed by atoms with E-state index in [2.05, 4.69) is 9.59 Å². The molecule has 20 heavy (non-hydrogen) atoms. The molecule has 1 aromatic heterocycles. The number of carbonyl (C=O) groups excluding carboxylic acids is 1. The van der Waals surface area contributed by atoms with E-state index < -0.39 is 5.60 Å². The first-order chi connectivity index (χ1) is 9.64. The van der Waals surface area contributed by atoms with Gasteiger partial charge < -0.3 is 10.0 Å². The largest absolute Gasteiger partial charge is 0.389 e. The van der Waals surface area contributed by atoms with Gasteiger partial charge in [-0.25, -0.2) is 0 Å². The fourth-order valence-corrected chi connectivity index (χ4v) is 4.22. The smallest absolute Gasteiger partial charge is 0.267 e. The van der Waals surface area contributed by atoms with Gasteiger partial charge in [0.2, 0.25) is 0 Å². The number of hydrogen-bond donors (Lipinski definition) is 1. The number of fused-ring (bicyclic) bond motifs is 1. The molecule has 0 spiro atoms. The summed E-state index contributed by atoms with van der Waals surface area (Å²) in [6, 6.07) is 0. The normalized spacial score (nSPS) is 30.1. The zero-order chi connectivity index (χ0) is 14.2. The lowest BCUT2D eigenvalue weighted by molar-refractivity contribution is -0.0885. The van der Waals surface area contributed by atoms with Crippen molar-refractivity contribution in [2.75, 3.05) is 13.1 Å². The van der Waals surface area contributed by atoms with Crippen LogP contribution in [0.15, 0.2) is 0 Å². The number of carbonyl (C=O) groups is 1. The Balaban J connectivity index is 1.74. The monoisotopic (exact) mass is 295 g/mol. The Labute approximate surface area is 123 Å². The molecule has 1 N–H and O–H groups in total. The molecular weight excluding hydrogens is 274 g/mol. The van der Waals surface area contributed by atoms with Gasteiger partial charge in [0.25, 0.3) is 5.91 Å². The second kappa shape index (κ2) is 5.41. The molecule has 2 fully saturated rings. The van der Waals surface area contributed by atoms with Crippen LogP contribution >= 0.6 is 11.5 Å². The van der Waals surface area contributed by atoms with Gasteiger partial charge >= 0.3 is 0 Å². The molecule has 0 bridgehead atoms. The molecule has 1 amide bonds. The molecule has 0 aromatic carbocycles. The maximum Gasteiger partial charge on any atom is 0.267 e. The molecule has 110 valence electrons. The van der Waals surface area contributed by atoms with Crippen molar-refractivity contribution < 1.29 is 9.90 Å². The number of likely N-dealkylation sites (tertiary alicyclic amines) is 1. The number of piperidine rings is 1. The summed E-state index contributed by atoms with van der Waals surface area (Å²) < 4.78 is 3.90. The van der Waals surface area contributed by atoms with Crippen molar-refractivity contribution in [1.82, 2.24) is 14.5 Å². The van der Waals surface area contributed by atoms with Crippen LogP contribution in [0.2, 0.25) is 0 Å². The summed E-state index contributed by atoms with van der Waals surface area (Å²) >= 11 is 1.19. The van der Waals surface area contributed by atoms with Crippen molar-refractivity contribution in [3.8, 4) is 0 Å². The molecule has 2 unspecified atom stereocenters. The highest BCUT2D eigenvalue weighted by molar-refractivity contribution is 7.08. The van der Waals surface area contributed by atoms with Gasteiger partial charge in [0.1, 0.15) is 4.88 Å². The summed E-state index contributed by atoms with van der Waals surface area (Å²) in [7, 11) is 0. The van der Waals surface area contributed by atoms with Gasteiger partial charge in [-0.1, -0.05) is 24.3 Å². The molecule has 1 saturated carbocycles. The first kappa shape index (κ1) is 13.9. The number of hydrogen-bond acceptors (Lipinski definition) is 5. The third kappa shape index (κ3) is 2.35. The zero-order valence-corrected chi connectivity index (χ0v) is 12.7. The van der Waals surface area contributed by atoms with Crippen LogP contribution in [-0.2, 0) is 6.42 Å². The first-order valence-electron chi connectivity index (χ1n) is 7.47. The van der Waals surface area contributed by atoms with Crippen molar-refractivity contribution in [1.29, 1.82) is 0 Å². The van der Waals surface area contributed by atoms with Crippen LogP contribution in [0.25, 0.3) is 0 Å². The summed E-state index contributed by atoms with van der Waals surface area (Å²) in [5.41, 5.74) is 0.263. The SMILES string of the molecule is CCc1nnsc1C(=O)N1CCC2(O)CCCCC2C1. The summed E-state index contributed by atoms with van der Waals surface area (Å²) in [5, 5.41) is 14.7. The molecule has 2 heterocycles. The van der Waals surface area contributed by atoms with Gasteiger partial charge in [0, 0.05) is 19.0 Å². The summed E-state index contributed by atoms with van der Waals surface area (Å²) in [4.78, 5) is 15.2. The van der Waals surface area contributed by atoms with Gasteiger partial charge in [-0.3, -0.25) is 4.79 Å². The lowest BCUT2D eigenvalue weighted by Gasteiger charge is -2.47. The lowest BCUT2D eigenvalue weighted by Crippen LogP contribution is -2.54. The van der Waals surface area contributed by atoms with Crippen LogP contribution < -0.4 is 0 Å². The number of amides is 1. The van der Waals surface area contributed by atoms with E-state index in [1.165, 1.54) is 11.5 Å². The Morgan fingerprint density at radius 1 is 1.50 bits per heavy atom. The predicted octanol–water partition coefficient (Wildman–Crippen LogP) is 1.87. The van der Waals surface area contributed by atoms with Gasteiger partial charge in [-0.2, -0.15) is 0 Å². The molecular formula is C14H21N3O2S. The van der Waals surface area contributed by atoms with Crippen LogP contribution in [-0.4, -0.2) is 44.2 Å². The third-order valence-corrected chi connectivity index (χ3v) is 5.56. The minimum absolute atomic E-state index is 0.0458. The van der Waals surface area contributed by atoms with Crippen LogP contribution in [0.5, 0.6) is 0 Å². The van der Waals surface area contributed by atoms with Gasteiger partial charge in [-0.15, -0.1) is 5.10 Å². The summed E-state index contributed by atoms with van der Waals surface area (Å²) in [6.45, 7) is 3.31. The average Bonchev–Trinajstić information content (AvgIpc) is 2.94. The van der Waals surface area contributed by atoms with Crippen molar-refractivity contribution in [3.05, 3.63) is 10.6 Å². The number of aromatic nitrogens is 2. The van der Waals surface area contributed by atoms with Crippen LogP contribution in [0.3, 0.4) is 0 Å². The molecule has 2 aliphatic rings. The predicted molar refractivity (Wildman–Crippen MR) is 76.7 cm³/mol. The van der Waals surface area contributed by atoms with Crippen molar-refractivity contribution in [2.24, 2.45) is 5.92 Å². The van der Waals surface area contributed by atoms with Gasteiger partial charge in [0.05, 0.1) is 11.3 Å². The number of aliphatic hydroxyl groups is 1. The molecule has 0 radical (unpaired) electrons. The van der Waals surface area contributed by atoms with Crippen molar-refractivity contribution in [2.45, 2.75) is 51.0 Å².